The molecule has 1 amide bonds. The smallest absolute Gasteiger partial charge is 0.261 e. The van der Waals surface area contributed by atoms with Crippen molar-refractivity contribution >= 4 is 21.6 Å². The van der Waals surface area contributed by atoms with Crippen molar-refractivity contribution in [2.24, 2.45) is 0 Å². The van der Waals surface area contributed by atoms with Crippen molar-refractivity contribution in [2.75, 3.05) is 17.9 Å². The third-order valence-electron chi connectivity index (χ3n) is 4.81. The number of hydrogen-bond donors (Lipinski definition) is 2. The fourth-order valence-electron chi connectivity index (χ4n) is 3.25. The first-order valence-corrected chi connectivity index (χ1v) is 10.9. The molecule has 150 valence electrons. The van der Waals surface area contributed by atoms with Gasteiger partial charge in [0.05, 0.1) is 11.0 Å². The molecule has 0 radical (unpaired) electrons. The van der Waals surface area contributed by atoms with Gasteiger partial charge < -0.3 is 10.1 Å². The Hall–Kier alpha value is -2.38. The van der Waals surface area contributed by atoms with E-state index in [0.717, 1.165) is 37.0 Å². The topological polar surface area (TPSA) is 84.5 Å². The van der Waals surface area contributed by atoms with Crippen LogP contribution in [0.5, 0.6) is 0 Å². The van der Waals surface area contributed by atoms with Crippen LogP contribution in [-0.4, -0.2) is 33.6 Å². The maximum Gasteiger partial charge on any atom is 0.261 e. The summed E-state index contributed by atoms with van der Waals surface area (Å²) in [4.78, 5) is 12.6. The van der Waals surface area contributed by atoms with Gasteiger partial charge >= 0.3 is 0 Å². The maximum atomic E-state index is 12.7. The Morgan fingerprint density at radius 1 is 1.18 bits per heavy atom. The van der Waals surface area contributed by atoms with Crippen molar-refractivity contribution in [3.05, 3.63) is 59.2 Å². The molecule has 1 unspecified atom stereocenters. The summed E-state index contributed by atoms with van der Waals surface area (Å²) in [6.07, 6.45) is 3.04. The molecule has 2 N–H and O–H groups in total. The van der Waals surface area contributed by atoms with Crippen molar-refractivity contribution in [2.45, 2.75) is 44.1 Å². The van der Waals surface area contributed by atoms with Crippen LogP contribution in [0.25, 0.3) is 0 Å². The highest BCUT2D eigenvalue weighted by atomic mass is 32.2. The van der Waals surface area contributed by atoms with Crippen LogP contribution in [0.2, 0.25) is 0 Å². The summed E-state index contributed by atoms with van der Waals surface area (Å²) >= 11 is 0. The average molecular weight is 403 g/mol. The van der Waals surface area contributed by atoms with Crippen molar-refractivity contribution in [3.8, 4) is 0 Å². The van der Waals surface area contributed by atoms with Crippen LogP contribution in [0, 0.1) is 13.8 Å². The molecule has 2 aromatic rings. The van der Waals surface area contributed by atoms with E-state index in [-0.39, 0.29) is 16.9 Å². The lowest BCUT2D eigenvalue weighted by molar-refractivity contribution is 0.0906. The van der Waals surface area contributed by atoms with Crippen molar-refractivity contribution in [1.29, 1.82) is 0 Å². The molecule has 1 aliphatic heterocycles. The van der Waals surface area contributed by atoms with E-state index < -0.39 is 10.0 Å². The summed E-state index contributed by atoms with van der Waals surface area (Å²) in [6, 6.07) is 11.7. The average Bonchev–Trinajstić information content (AvgIpc) is 3.15. The van der Waals surface area contributed by atoms with Crippen molar-refractivity contribution < 1.29 is 17.9 Å². The molecule has 3 rings (SSSR count). The molecule has 1 atom stereocenters. The second-order valence-corrected chi connectivity index (χ2v) is 8.81. The van der Waals surface area contributed by atoms with E-state index in [1.165, 1.54) is 12.1 Å². The number of aryl methyl sites for hydroxylation is 2. The van der Waals surface area contributed by atoms with Crippen LogP contribution in [0.3, 0.4) is 0 Å². The van der Waals surface area contributed by atoms with Crippen LogP contribution >= 0.6 is 0 Å². The lowest BCUT2D eigenvalue weighted by Gasteiger charge is -2.13. The van der Waals surface area contributed by atoms with Gasteiger partial charge in [-0.2, -0.15) is 0 Å². The number of rotatable bonds is 7. The van der Waals surface area contributed by atoms with Crippen LogP contribution in [-0.2, 0) is 14.8 Å². The Kier molecular flexibility index (Phi) is 6.36. The van der Waals surface area contributed by atoms with Crippen molar-refractivity contribution in [1.82, 2.24) is 5.32 Å². The third kappa shape index (κ3) is 5.11. The minimum atomic E-state index is -3.79. The molecule has 1 aliphatic rings. The van der Waals surface area contributed by atoms with Crippen LogP contribution in [0.15, 0.2) is 47.4 Å². The zero-order chi connectivity index (χ0) is 20.1. The van der Waals surface area contributed by atoms with Gasteiger partial charge in [0.25, 0.3) is 15.9 Å². The number of sulfonamides is 1. The molecule has 0 aliphatic carbocycles. The van der Waals surface area contributed by atoms with Gasteiger partial charge in [0.1, 0.15) is 0 Å². The largest absolute Gasteiger partial charge is 0.378 e. The molecule has 0 aromatic heterocycles. The molecule has 2 aromatic carbocycles. The fraction of sp³-hybridized carbons (Fsp3) is 0.381. The third-order valence-corrected chi connectivity index (χ3v) is 6.19. The molecule has 0 spiro atoms. The van der Waals surface area contributed by atoms with Gasteiger partial charge in [-0.15, -0.1) is 0 Å². The molecule has 7 heteroatoms. The second-order valence-electron chi connectivity index (χ2n) is 7.13. The maximum absolute atomic E-state index is 12.7. The Bertz CT molecular complexity index is 951. The molecule has 1 fully saturated rings. The van der Waals surface area contributed by atoms with Gasteiger partial charge in [-0.3, -0.25) is 9.52 Å². The fourth-order valence-corrected chi connectivity index (χ4v) is 4.32. The Labute approximate surface area is 166 Å². The highest BCUT2D eigenvalue weighted by molar-refractivity contribution is 7.92. The molecular formula is C21H26N2O4S. The Morgan fingerprint density at radius 2 is 2.00 bits per heavy atom. The van der Waals surface area contributed by atoms with E-state index in [0.29, 0.717) is 17.8 Å². The number of carbonyl (C=O) groups excluding carboxylic acids is 1. The SMILES string of the molecule is Cc1cccc(NS(=O)(=O)c2ccc(C)c(C(=O)NCCC3CCCO3)c2)c1. The predicted octanol–water partition coefficient (Wildman–Crippen LogP) is 3.40. The lowest BCUT2D eigenvalue weighted by atomic mass is 10.1. The number of carbonyl (C=O) groups is 1. The van der Waals surface area contributed by atoms with E-state index in [9.17, 15) is 13.2 Å². The molecule has 0 bridgehead atoms. The summed E-state index contributed by atoms with van der Waals surface area (Å²) in [5, 5.41) is 2.87. The highest BCUT2D eigenvalue weighted by Crippen LogP contribution is 2.20. The summed E-state index contributed by atoms with van der Waals surface area (Å²) in [7, 11) is -3.79. The first kappa shape index (κ1) is 20.4. The first-order valence-electron chi connectivity index (χ1n) is 9.45. The molecular weight excluding hydrogens is 376 g/mol. The zero-order valence-electron chi connectivity index (χ0n) is 16.2. The van der Waals surface area contributed by atoms with Gasteiger partial charge in [-0.05, 0) is 68.5 Å². The van der Waals surface area contributed by atoms with Gasteiger partial charge in [0.15, 0.2) is 0 Å². The van der Waals surface area contributed by atoms with E-state index >= 15 is 0 Å². The van der Waals surface area contributed by atoms with Gasteiger partial charge in [0.2, 0.25) is 0 Å². The summed E-state index contributed by atoms with van der Waals surface area (Å²) in [5.74, 6) is -0.275. The number of benzene rings is 2. The molecule has 28 heavy (non-hydrogen) atoms. The van der Waals surface area contributed by atoms with Gasteiger partial charge in [-0.1, -0.05) is 18.2 Å². The minimum absolute atomic E-state index is 0.0592. The molecule has 0 saturated carbocycles. The Morgan fingerprint density at radius 3 is 2.71 bits per heavy atom. The minimum Gasteiger partial charge on any atom is -0.378 e. The zero-order valence-corrected chi connectivity index (χ0v) is 17.0. The normalized spacial score (nSPS) is 16.7. The highest BCUT2D eigenvalue weighted by Gasteiger charge is 2.19. The summed E-state index contributed by atoms with van der Waals surface area (Å²) in [6.45, 7) is 4.97. The standard InChI is InChI=1S/C21H26N2O4S/c1-15-5-3-6-17(13-15)23-28(25,26)19-9-8-16(2)20(14-19)21(24)22-11-10-18-7-4-12-27-18/h3,5-6,8-9,13-14,18,23H,4,7,10-12H2,1-2H3,(H,22,24). The summed E-state index contributed by atoms with van der Waals surface area (Å²) in [5.41, 5.74) is 2.53. The number of ether oxygens (including phenoxy) is 1. The Balaban J connectivity index is 1.71. The van der Waals surface area contributed by atoms with Gasteiger partial charge in [-0.25, -0.2) is 8.42 Å². The second kappa shape index (κ2) is 8.75. The van der Waals surface area contributed by atoms with Crippen LogP contribution in [0.1, 0.15) is 40.7 Å². The molecule has 1 saturated heterocycles. The number of anilines is 1. The molecule has 1 heterocycles. The van der Waals surface area contributed by atoms with E-state index in [2.05, 4.69) is 10.0 Å². The van der Waals surface area contributed by atoms with Crippen LogP contribution < -0.4 is 10.0 Å². The van der Waals surface area contributed by atoms with Crippen LogP contribution in [0.4, 0.5) is 5.69 Å². The van der Waals surface area contributed by atoms with E-state index in [1.54, 1.807) is 31.2 Å². The van der Waals surface area contributed by atoms with Gasteiger partial charge in [0, 0.05) is 24.4 Å². The monoisotopic (exact) mass is 402 g/mol. The van der Waals surface area contributed by atoms with E-state index in [4.69, 9.17) is 4.74 Å². The molecule has 6 nitrogen and oxygen atoms in total. The first-order chi connectivity index (χ1) is 13.3. The summed E-state index contributed by atoms with van der Waals surface area (Å²) < 4.78 is 33.6. The number of amides is 1. The number of nitrogens with one attached hydrogen (secondary N) is 2. The predicted molar refractivity (Wildman–Crippen MR) is 109 cm³/mol. The van der Waals surface area contributed by atoms with E-state index in [1.807, 2.05) is 13.0 Å². The lowest BCUT2D eigenvalue weighted by Crippen LogP contribution is -2.28. The number of hydrogen-bond acceptors (Lipinski definition) is 4. The van der Waals surface area contributed by atoms with Crippen molar-refractivity contribution in [3.63, 3.8) is 0 Å². The quantitative estimate of drug-likeness (QED) is 0.743.